The predicted molar refractivity (Wildman–Crippen MR) is 89.7 cm³/mol. The third-order valence-corrected chi connectivity index (χ3v) is 3.56. The molecule has 4 heteroatoms. The molecule has 0 bridgehead atoms. The Bertz CT molecular complexity index is 722. The molecule has 2 aromatic rings. The highest BCUT2D eigenvalue weighted by Gasteiger charge is 2.10. The van der Waals surface area contributed by atoms with Crippen LogP contribution in [-0.2, 0) is 4.79 Å². The zero-order chi connectivity index (χ0) is 16.8. The number of esters is 1. The van der Waals surface area contributed by atoms with E-state index in [0.29, 0.717) is 11.3 Å². The Kier molecular flexibility index (Phi) is 5.52. The highest BCUT2D eigenvalue weighted by molar-refractivity contribution is 5.95. The van der Waals surface area contributed by atoms with Gasteiger partial charge in [-0.15, -0.1) is 0 Å². The van der Waals surface area contributed by atoms with Gasteiger partial charge in [-0.2, -0.15) is 0 Å². The second-order valence-electron chi connectivity index (χ2n) is 5.56. The van der Waals surface area contributed by atoms with Crippen LogP contribution >= 0.6 is 0 Å². The second-order valence-corrected chi connectivity index (χ2v) is 5.56. The van der Waals surface area contributed by atoms with Crippen molar-refractivity contribution in [1.29, 1.82) is 0 Å². The minimum atomic E-state index is -0.359. The van der Waals surface area contributed by atoms with E-state index < -0.39 is 0 Å². The quantitative estimate of drug-likeness (QED) is 0.680. The second kappa shape index (κ2) is 7.58. The maximum absolute atomic E-state index is 12.0. The first-order valence-corrected chi connectivity index (χ1v) is 7.59. The Morgan fingerprint density at radius 3 is 2.43 bits per heavy atom. The zero-order valence-corrected chi connectivity index (χ0v) is 13.7. The molecule has 1 amide bonds. The van der Waals surface area contributed by atoms with Crippen molar-refractivity contribution in [2.45, 2.75) is 27.2 Å². The Balaban J connectivity index is 1.83. The topological polar surface area (TPSA) is 55.4 Å². The van der Waals surface area contributed by atoms with E-state index in [4.69, 9.17) is 4.74 Å². The molecule has 0 aliphatic carbocycles. The molecule has 120 valence electrons. The van der Waals surface area contributed by atoms with Crippen molar-refractivity contribution in [3.63, 3.8) is 0 Å². The van der Waals surface area contributed by atoms with E-state index >= 15 is 0 Å². The van der Waals surface area contributed by atoms with Crippen LogP contribution in [0.25, 0.3) is 0 Å². The molecule has 0 saturated heterocycles. The van der Waals surface area contributed by atoms with Crippen molar-refractivity contribution in [3.05, 3.63) is 64.7 Å². The van der Waals surface area contributed by atoms with E-state index in [9.17, 15) is 9.59 Å². The smallest absolute Gasteiger partial charge is 0.312 e. The first-order valence-electron chi connectivity index (χ1n) is 7.59. The summed E-state index contributed by atoms with van der Waals surface area (Å²) in [6.45, 7) is 6.01. The molecular weight excluding hydrogens is 290 g/mol. The molecule has 0 aromatic heterocycles. The van der Waals surface area contributed by atoms with Gasteiger partial charge in [0.15, 0.2) is 0 Å². The largest absolute Gasteiger partial charge is 0.426 e. The van der Waals surface area contributed by atoms with Crippen LogP contribution in [0, 0.1) is 20.8 Å². The fraction of sp³-hybridized carbons (Fsp3) is 0.263. The molecule has 23 heavy (non-hydrogen) atoms. The van der Waals surface area contributed by atoms with Gasteiger partial charge in [0.05, 0.1) is 6.42 Å². The molecule has 0 heterocycles. The van der Waals surface area contributed by atoms with Crippen molar-refractivity contribution >= 4 is 11.9 Å². The third kappa shape index (κ3) is 4.68. The van der Waals surface area contributed by atoms with Gasteiger partial charge in [-0.1, -0.05) is 35.9 Å². The van der Waals surface area contributed by atoms with Crippen molar-refractivity contribution in [2.75, 3.05) is 6.54 Å². The van der Waals surface area contributed by atoms with Crippen molar-refractivity contribution in [3.8, 4) is 5.75 Å². The summed E-state index contributed by atoms with van der Waals surface area (Å²) in [5.41, 5.74) is 3.56. The van der Waals surface area contributed by atoms with E-state index in [1.807, 2.05) is 51.1 Å². The van der Waals surface area contributed by atoms with Gasteiger partial charge in [-0.3, -0.25) is 9.59 Å². The van der Waals surface area contributed by atoms with Crippen LogP contribution in [-0.4, -0.2) is 18.4 Å². The van der Waals surface area contributed by atoms with Crippen LogP contribution in [0.4, 0.5) is 0 Å². The lowest BCUT2D eigenvalue weighted by Crippen LogP contribution is -2.27. The summed E-state index contributed by atoms with van der Waals surface area (Å²) in [4.78, 5) is 23.9. The number of rotatable bonds is 5. The molecule has 0 radical (unpaired) electrons. The number of ether oxygens (including phenoxy) is 1. The van der Waals surface area contributed by atoms with Crippen molar-refractivity contribution in [2.24, 2.45) is 0 Å². The lowest BCUT2D eigenvalue weighted by molar-refractivity contribution is -0.134. The first kappa shape index (κ1) is 16.7. The molecule has 4 nitrogen and oxygen atoms in total. The number of hydrogen-bond donors (Lipinski definition) is 1. The van der Waals surface area contributed by atoms with Gasteiger partial charge in [0.25, 0.3) is 5.91 Å². The molecule has 0 atom stereocenters. The van der Waals surface area contributed by atoms with E-state index in [2.05, 4.69) is 5.32 Å². The van der Waals surface area contributed by atoms with Crippen molar-refractivity contribution < 1.29 is 14.3 Å². The van der Waals surface area contributed by atoms with Crippen molar-refractivity contribution in [1.82, 2.24) is 5.32 Å². The average Bonchev–Trinajstić information content (AvgIpc) is 2.50. The fourth-order valence-corrected chi connectivity index (χ4v) is 2.29. The summed E-state index contributed by atoms with van der Waals surface area (Å²) < 4.78 is 5.32. The summed E-state index contributed by atoms with van der Waals surface area (Å²) in [5, 5.41) is 2.74. The molecule has 0 unspecified atom stereocenters. The standard InChI is InChI=1S/C19H21NO3/c1-13-8-9-17(15(3)12-13)23-18(21)10-11-20-19(22)16-7-5-4-6-14(16)2/h4-9,12H,10-11H2,1-3H3,(H,20,22). The van der Waals surface area contributed by atoms with Crippen LogP contribution in [0.2, 0.25) is 0 Å². The Morgan fingerprint density at radius 2 is 1.74 bits per heavy atom. The van der Waals surface area contributed by atoms with Gasteiger partial charge in [0, 0.05) is 12.1 Å². The number of aryl methyl sites for hydroxylation is 3. The van der Waals surface area contributed by atoms with Crippen LogP contribution in [0.1, 0.15) is 33.5 Å². The highest BCUT2D eigenvalue weighted by atomic mass is 16.5. The number of carbonyl (C=O) groups is 2. The van der Waals surface area contributed by atoms with Gasteiger partial charge < -0.3 is 10.1 Å². The molecule has 0 aliphatic rings. The molecule has 2 rings (SSSR count). The number of hydrogen-bond acceptors (Lipinski definition) is 3. The van der Waals surface area contributed by atoms with Crippen LogP contribution in [0.15, 0.2) is 42.5 Å². The van der Waals surface area contributed by atoms with Gasteiger partial charge in [0.2, 0.25) is 0 Å². The molecule has 0 saturated carbocycles. The Hall–Kier alpha value is -2.62. The third-order valence-electron chi connectivity index (χ3n) is 3.56. The Morgan fingerprint density at radius 1 is 1.00 bits per heavy atom. The number of nitrogens with one attached hydrogen (secondary N) is 1. The summed E-state index contributed by atoms with van der Waals surface area (Å²) in [6, 6.07) is 13.0. The predicted octanol–water partition coefficient (Wildman–Crippen LogP) is 3.34. The normalized spacial score (nSPS) is 10.2. The van der Waals surface area contributed by atoms with E-state index in [1.165, 1.54) is 0 Å². The minimum Gasteiger partial charge on any atom is -0.426 e. The van der Waals surface area contributed by atoms with Crippen LogP contribution in [0.3, 0.4) is 0 Å². The minimum absolute atomic E-state index is 0.130. The zero-order valence-electron chi connectivity index (χ0n) is 13.7. The molecule has 1 N–H and O–H groups in total. The molecule has 0 spiro atoms. The Labute approximate surface area is 136 Å². The lowest BCUT2D eigenvalue weighted by atomic mass is 10.1. The molecule has 0 aliphatic heterocycles. The van der Waals surface area contributed by atoms with E-state index in [1.54, 1.807) is 12.1 Å². The molecule has 2 aromatic carbocycles. The van der Waals surface area contributed by atoms with E-state index in [0.717, 1.165) is 16.7 Å². The fourth-order valence-electron chi connectivity index (χ4n) is 2.29. The molecular formula is C19H21NO3. The number of amides is 1. The van der Waals surface area contributed by atoms with Gasteiger partial charge in [-0.05, 0) is 44.0 Å². The summed E-state index contributed by atoms with van der Waals surface area (Å²) in [7, 11) is 0. The lowest BCUT2D eigenvalue weighted by Gasteiger charge is -2.09. The van der Waals surface area contributed by atoms with Crippen LogP contribution < -0.4 is 10.1 Å². The van der Waals surface area contributed by atoms with Gasteiger partial charge in [0.1, 0.15) is 5.75 Å². The van der Waals surface area contributed by atoms with Gasteiger partial charge in [-0.25, -0.2) is 0 Å². The monoisotopic (exact) mass is 311 g/mol. The first-order chi connectivity index (χ1) is 11.0. The average molecular weight is 311 g/mol. The SMILES string of the molecule is Cc1ccc(OC(=O)CCNC(=O)c2ccccc2C)c(C)c1. The summed E-state index contributed by atoms with van der Waals surface area (Å²) >= 11 is 0. The summed E-state index contributed by atoms with van der Waals surface area (Å²) in [6.07, 6.45) is 0.130. The summed E-state index contributed by atoms with van der Waals surface area (Å²) in [5.74, 6) is 0.0234. The maximum Gasteiger partial charge on any atom is 0.312 e. The molecule has 0 fully saturated rings. The highest BCUT2D eigenvalue weighted by Crippen LogP contribution is 2.19. The maximum atomic E-state index is 12.0. The number of carbonyl (C=O) groups excluding carboxylic acids is 2. The van der Waals surface area contributed by atoms with Crippen LogP contribution in [0.5, 0.6) is 5.75 Å². The van der Waals surface area contributed by atoms with Gasteiger partial charge >= 0.3 is 5.97 Å². The van der Waals surface area contributed by atoms with E-state index in [-0.39, 0.29) is 24.8 Å². The number of benzene rings is 2.